The van der Waals surface area contributed by atoms with Crippen molar-refractivity contribution >= 4 is 17.8 Å². The zero-order valence-corrected chi connectivity index (χ0v) is 22.6. The van der Waals surface area contributed by atoms with Crippen LogP contribution in [0, 0.1) is 17.2 Å². The SMILES string of the molecule is COc1ncccc1NC(=O)NC(CC1CCC2=Cc3c(cnn3-c3ccc(F)cc3)CC21C)c1ccccc1. The topological polar surface area (TPSA) is 81.1 Å². The fraction of sp³-hybridized carbons (Fsp3) is 0.281. The summed E-state index contributed by atoms with van der Waals surface area (Å²) in [5, 5.41) is 10.8. The van der Waals surface area contributed by atoms with Crippen LogP contribution in [0.2, 0.25) is 0 Å². The molecule has 0 aliphatic heterocycles. The normalized spacial score (nSPS) is 20.2. The summed E-state index contributed by atoms with van der Waals surface area (Å²) in [6, 6.07) is 19.6. The number of rotatable bonds is 7. The molecule has 4 aromatic rings. The number of halogens is 1. The lowest BCUT2D eigenvalue weighted by Crippen LogP contribution is -2.36. The summed E-state index contributed by atoms with van der Waals surface area (Å²) in [5.41, 5.74) is 6.06. The Labute approximate surface area is 233 Å². The minimum absolute atomic E-state index is 0.0403. The smallest absolute Gasteiger partial charge is 0.319 e. The van der Waals surface area contributed by atoms with Crippen molar-refractivity contribution in [3.8, 4) is 11.6 Å². The van der Waals surface area contributed by atoms with E-state index < -0.39 is 0 Å². The molecular formula is C32H32FN5O2. The highest BCUT2D eigenvalue weighted by Gasteiger charge is 2.46. The summed E-state index contributed by atoms with van der Waals surface area (Å²) in [6.45, 7) is 2.34. The van der Waals surface area contributed by atoms with Gasteiger partial charge in [0, 0.05) is 6.20 Å². The van der Waals surface area contributed by atoms with Crippen LogP contribution in [0.5, 0.6) is 5.88 Å². The Morgan fingerprint density at radius 1 is 1.15 bits per heavy atom. The van der Waals surface area contributed by atoms with Gasteiger partial charge in [-0.05, 0) is 90.6 Å². The van der Waals surface area contributed by atoms with Crippen LogP contribution < -0.4 is 15.4 Å². The molecule has 3 unspecified atom stereocenters. The number of ether oxygens (including phenoxy) is 1. The predicted octanol–water partition coefficient (Wildman–Crippen LogP) is 6.72. The lowest BCUT2D eigenvalue weighted by molar-refractivity contribution is 0.222. The van der Waals surface area contributed by atoms with E-state index in [1.807, 2.05) is 29.1 Å². The molecule has 8 heteroatoms. The van der Waals surface area contributed by atoms with Gasteiger partial charge in [-0.3, -0.25) is 0 Å². The number of allylic oxidation sites excluding steroid dienone is 1. The van der Waals surface area contributed by atoms with Crippen molar-refractivity contribution in [2.24, 2.45) is 11.3 Å². The van der Waals surface area contributed by atoms with Gasteiger partial charge in [0.15, 0.2) is 0 Å². The van der Waals surface area contributed by atoms with Crippen LogP contribution >= 0.6 is 0 Å². The number of nitrogens with one attached hydrogen (secondary N) is 2. The second-order valence-electron chi connectivity index (χ2n) is 10.8. The van der Waals surface area contributed by atoms with Crippen molar-refractivity contribution in [1.82, 2.24) is 20.1 Å². The number of carbonyl (C=O) groups excluding carboxylic acids is 1. The lowest BCUT2D eigenvalue weighted by Gasteiger charge is -2.37. The molecule has 2 aromatic carbocycles. The second kappa shape index (κ2) is 10.6. The van der Waals surface area contributed by atoms with E-state index in [2.05, 4.69) is 45.8 Å². The highest BCUT2D eigenvalue weighted by molar-refractivity contribution is 5.90. The maximum Gasteiger partial charge on any atom is 0.319 e. The Morgan fingerprint density at radius 2 is 1.95 bits per heavy atom. The molecule has 2 aromatic heterocycles. The van der Waals surface area contributed by atoms with Gasteiger partial charge in [-0.15, -0.1) is 0 Å². The number of methoxy groups -OCH3 is 1. The van der Waals surface area contributed by atoms with E-state index in [4.69, 9.17) is 4.74 Å². The Balaban J connectivity index is 1.24. The number of hydrogen-bond acceptors (Lipinski definition) is 4. The van der Waals surface area contributed by atoms with E-state index in [1.165, 1.54) is 30.4 Å². The molecule has 0 radical (unpaired) electrons. The van der Waals surface area contributed by atoms with Gasteiger partial charge in [-0.2, -0.15) is 5.10 Å². The molecule has 7 nitrogen and oxygen atoms in total. The number of anilines is 1. The van der Waals surface area contributed by atoms with Gasteiger partial charge in [-0.1, -0.05) is 42.8 Å². The monoisotopic (exact) mass is 537 g/mol. The molecule has 2 amide bonds. The molecule has 2 aliphatic rings. The standard InChI is InChI=1S/C32H32FN5O2/c1-32-19-22-20-35-38(26-14-12-25(33)13-15-26)29(22)18-24(32)11-10-23(32)17-28(21-7-4-3-5-8-21)37-31(39)36-27-9-6-16-34-30(27)40-2/h3-9,12-16,18,20,23,28H,10-11,17,19H2,1-2H3,(H2,36,37,39). The Kier molecular flexibility index (Phi) is 6.84. The van der Waals surface area contributed by atoms with Crippen molar-refractivity contribution in [3.05, 3.63) is 107 Å². The Hall–Kier alpha value is -4.46. The first kappa shape index (κ1) is 25.8. The van der Waals surface area contributed by atoms with E-state index in [1.54, 1.807) is 30.5 Å². The van der Waals surface area contributed by atoms with Gasteiger partial charge in [0.05, 0.1) is 30.7 Å². The zero-order valence-electron chi connectivity index (χ0n) is 22.6. The second-order valence-corrected chi connectivity index (χ2v) is 10.8. The maximum absolute atomic E-state index is 13.5. The van der Waals surface area contributed by atoms with Crippen LogP contribution in [-0.2, 0) is 6.42 Å². The third kappa shape index (κ3) is 4.85. The summed E-state index contributed by atoms with van der Waals surface area (Å²) in [5.74, 6) is 0.467. The van der Waals surface area contributed by atoms with Crippen molar-refractivity contribution in [1.29, 1.82) is 0 Å². The molecule has 1 fully saturated rings. The molecule has 2 heterocycles. The van der Waals surface area contributed by atoms with Crippen LogP contribution in [-0.4, -0.2) is 27.9 Å². The minimum atomic E-state index is -0.300. The molecule has 0 saturated heterocycles. The zero-order chi connectivity index (χ0) is 27.7. The third-order valence-electron chi connectivity index (χ3n) is 8.46. The number of pyridine rings is 1. The van der Waals surface area contributed by atoms with Crippen molar-refractivity contribution < 1.29 is 13.9 Å². The molecule has 1 saturated carbocycles. The minimum Gasteiger partial charge on any atom is -0.480 e. The van der Waals surface area contributed by atoms with Gasteiger partial charge >= 0.3 is 6.03 Å². The first-order valence-electron chi connectivity index (χ1n) is 13.6. The van der Waals surface area contributed by atoms with Gasteiger partial charge in [-0.25, -0.2) is 18.9 Å². The van der Waals surface area contributed by atoms with Crippen LogP contribution in [0.3, 0.4) is 0 Å². The molecule has 2 N–H and O–H groups in total. The Morgan fingerprint density at radius 3 is 2.73 bits per heavy atom. The largest absolute Gasteiger partial charge is 0.480 e. The number of amides is 2. The highest BCUT2D eigenvalue weighted by Crippen LogP contribution is 2.55. The number of hydrogen-bond donors (Lipinski definition) is 2. The van der Waals surface area contributed by atoms with Gasteiger partial charge in [0.1, 0.15) is 11.5 Å². The van der Waals surface area contributed by atoms with Gasteiger partial charge < -0.3 is 15.4 Å². The average Bonchev–Trinajstić information content (AvgIpc) is 3.51. The fourth-order valence-electron chi connectivity index (χ4n) is 6.31. The van der Waals surface area contributed by atoms with Crippen LogP contribution in [0.1, 0.15) is 49.0 Å². The van der Waals surface area contributed by atoms with Crippen molar-refractivity contribution in [2.45, 2.75) is 38.6 Å². The third-order valence-corrected chi connectivity index (χ3v) is 8.46. The maximum atomic E-state index is 13.5. The van der Waals surface area contributed by atoms with Gasteiger partial charge in [0.2, 0.25) is 5.88 Å². The van der Waals surface area contributed by atoms with Crippen molar-refractivity contribution in [3.63, 3.8) is 0 Å². The number of nitrogens with zero attached hydrogens (tertiary/aromatic N) is 3. The molecule has 204 valence electrons. The average molecular weight is 538 g/mol. The number of urea groups is 1. The Bertz CT molecular complexity index is 1550. The van der Waals surface area contributed by atoms with E-state index >= 15 is 0 Å². The van der Waals surface area contributed by atoms with Crippen LogP contribution in [0.15, 0.2) is 84.7 Å². The van der Waals surface area contributed by atoms with E-state index in [0.717, 1.165) is 42.6 Å². The summed E-state index contributed by atoms with van der Waals surface area (Å²) in [6.07, 6.45) is 9.56. The van der Waals surface area contributed by atoms with Crippen molar-refractivity contribution in [2.75, 3.05) is 12.4 Å². The lowest BCUT2D eigenvalue weighted by atomic mass is 9.68. The summed E-state index contributed by atoms with van der Waals surface area (Å²) < 4.78 is 20.7. The van der Waals surface area contributed by atoms with Gasteiger partial charge in [0.25, 0.3) is 0 Å². The summed E-state index contributed by atoms with van der Waals surface area (Å²) in [4.78, 5) is 17.3. The molecule has 3 atom stereocenters. The predicted molar refractivity (Wildman–Crippen MR) is 153 cm³/mol. The van der Waals surface area contributed by atoms with Crippen LogP contribution in [0.4, 0.5) is 14.9 Å². The number of benzene rings is 2. The molecule has 0 spiro atoms. The molecule has 40 heavy (non-hydrogen) atoms. The van der Waals surface area contributed by atoms with E-state index in [0.29, 0.717) is 17.5 Å². The molecule has 6 rings (SSSR count). The number of aromatic nitrogens is 3. The summed E-state index contributed by atoms with van der Waals surface area (Å²) in [7, 11) is 1.53. The highest BCUT2D eigenvalue weighted by atomic mass is 19.1. The number of fused-ring (bicyclic) bond motifs is 2. The molecule has 0 bridgehead atoms. The first-order chi connectivity index (χ1) is 19.4. The summed E-state index contributed by atoms with van der Waals surface area (Å²) >= 11 is 0. The fourth-order valence-corrected chi connectivity index (χ4v) is 6.31. The number of carbonyl (C=O) groups is 1. The molecular weight excluding hydrogens is 505 g/mol. The van der Waals surface area contributed by atoms with E-state index in [9.17, 15) is 9.18 Å². The van der Waals surface area contributed by atoms with Crippen LogP contribution in [0.25, 0.3) is 11.8 Å². The molecule has 2 aliphatic carbocycles. The first-order valence-corrected chi connectivity index (χ1v) is 13.6. The van der Waals surface area contributed by atoms with E-state index in [-0.39, 0.29) is 23.3 Å². The quantitative estimate of drug-likeness (QED) is 0.274.